The van der Waals surface area contributed by atoms with Crippen molar-refractivity contribution in [1.29, 1.82) is 0 Å². The molecule has 1 fully saturated rings. The van der Waals surface area contributed by atoms with Crippen LogP contribution < -0.4 is 10.6 Å². The third-order valence-corrected chi connectivity index (χ3v) is 4.31. The van der Waals surface area contributed by atoms with E-state index in [4.69, 9.17) is 0 Å². The maximum absolute atomic E-state index is 12.4. The van der Waals surface area contributed by atoms with E-state index in [2.05, 4.69) is 27.5 Å². The minimum absolute atomic E-state index is 0.105. The van der Waals surface area contributed by atoms with Crippen molar-refractivity contribution in [3.63, 3.8) is 0 Å². The number of carbonyl (C=O) groups excluding carboxylic acids is 2. The van der Waals surface area contributed by atoms with Crippen LogP contribution in [0.25, 0.3) is 0 Å². The number of ether oxygens (including phenoxy) is 1. The van der Waals surface area contributed by atoms with E-state index in [0.29, 0.717) is 17.3 Å². The Morgan fingerprint density at radius 3 is 2.28 bits per heavy atom. The molecule has 0 unspecified atom stereocenters. The van der Waals surface area contributed by atoms with Gasteiger partial charge in [0, 0.05) is 30.4 Å². The van der Waals surface area contributed by atoms with Crippen molar-refractivity contribution < 1.29 is 14.3 Å². The van der Waals surface area contributed by atoms with Gasteiger partial charge in [-0.1, -0.05) is 30.3 Å². The number of benzene rings is 2. The summed E-state index contributed by atoms with van der Waals surface area (Å²) in [5.41, 5.74) is 2.56. The monoisotopic (exact) mass is 339 g/mol. The van der Waals surface area contributed by atoms with Crippen LogP contribution in [0.5, 0.6) is 0 Å². The van der Waals surface area contributed by atoms with Crippen LogP contribution in [0.2, 0.25) is 0 Å². The molecule has 1 aliphatic heterocycles. The van der Waals surface area contributed by atoms with Gasteiger partial charge < -0.3 is 15.0 Å². The minimum atomic E-state index is -0.527. The summed E-state index contributed by atoms with van der Waals surface area (Å²) in [6.45, 7) is 1.46. The average Bonchev–Trinajstić information content (AvgIpc) is 3.14. The van der Waals surface area contributed by atoms with Gasteiger partial charge in [-0.25, -0.2) is 9.59 Å². The number of carbonyl (C=O) groups is 2. The highest BCUT2D eigenvalue weighted by Gasteiger charge is 2.27. The third kappa shape index (κ3) is 4.29. The van der Waals surface area contributed by atoms with E-state index in [1.807, 2.05) is 23.1 Å². The fourth-order valence-electron chi connectivity index (χ4n) is 2.95. The van der Waals surface area contributed by atoms with Crippen LogP contribution in [0.3, 0.4) is 0 Å². The van der Waals surface area contributed by atoms with Gasteiger partial charge in [-0.15, -0.1) is 0 Å². The number of likely N-dealkylation sites (tertiary alicyclic amines) is 1. The maximum Gasteiger partial charge on any atom is 0.411 e. The van der Waals surface area contributed by atoms with E-state index in [-0.39, 0.29) is 6.03 Å². The summed E-state index contributed by atoms with van der Waals surface area (Å²) in [5, 5.41) is 5.46. The van der Waals surface area contributed by atoms with Crippen LogP contribution in [0.15, 0.2) is 54.6 Å². The van der Waals surface area contributed by atoms with Crippen LogP contribution >= 0.6 is 0 Å². The van der Waals surface area contributed by atoms with Gasteiger partial charge in [-0.2, -0.15) is 0 Å². The summed E-state index contributed by atoms with van der Waals surface area (Å²) < 4.78 is 4.54. The number of rotatable bonds is 3. The number of methoxy groups -OCH3 is 1. The molecule has 6 heteroatoms. The zero-order valence-electron chi connectivity index (χ0n) is 14.1. The van der Waals surface area contributed by atoms with Crippen molar-refractivity contribution in [1.82, 2.24) is 4.90 Å². The number of anilines is 2. The first-order valence-electron chi connectivity index (χ1n) is 8.21. The van der Waals surface area contributed by atoms with Crippen LogP contribution in [-0.4, -0.2) is 37.2 Å². The summed E-state index contributed by atoms with van der Waals surface area (Å²) in [6, 6.07) is 17.1. The molecule has 25 heavy (non-hydrogen) atoms. The Kier molecular flexibility index (Phi) is 5.18. The van der Waals surface area contributed by atoms with Gasteiger partial charge >= 0.3 is 12.1 Å². The lowest BCUT2D eigenvalue weighted by Crippen LogP contribution is -2.32. The number of hydrogen-bond acceptors (Lipinski definition) is 3. The zero-order chi connectivity index (χ0) is 17.6. The maximum atomic E-state index is 12.4. The molecule has 130 valence electrons. The Balaban J connectivity index is 1.55. The van der Waals surface area contributed by atoms with E-state index in [9.17, 15) is 9.59 Å². The Morgan fingerprint density at radius 2 is 1.64 bits per heavy atom. The zero-order valence-corrected chi connectivity index (χ0v) is 14.1. The third-order valence-electron chi connectivity index (χ3n) is 4.31. The average molecular weight is 339 g/mol. The summed E-state index contributed by atoms with van der Waals surface area (Å²) in [6.07, 6.45) is 0.445. The van der Waals surface area contributed by atoms with E-state index in [1.165, 1.54) is 12.7 Å². The topological polar surface area (TPSA) is 70.7 Å². The van der Waals surface area contributed by atoms with Crippen molar-refractivity contribution in [3.8, 4) is 0 Å². The second-order valence-electron chi connectivity index (χ2n) is 5.97. The van der Waals surface area contributed by atoms with Crippen molar-refractivity contribution in [2.45, 2.75) is 12.3 Å². The Bertz CT molecular complexity index is 731. The lowest BCUT2D eigenvalue weighted by molar-refractivity contribution is 0.187. The first-order valence-corrected chi connectivity index (χ1v) is 8.21. The van der Waals surface area contributed by atoms with Crippen molar-refractivity contribution in [2.75, 3.05) is 30.8 Å². The molecule has 3 rings (SSSR count). The quantitative estimate of drug-likeness (QED) is 0.891. The Morgan fingerprint density at radius 1 is 1.00 bits per heavy atom. The fraction of sp³-hybridized carbons (Fsp3) is 0.263. The molecule has 3 amide bonds. The molecule has 0 aromatic heterocycles. The highest BCUT2D eigenvalue weighted by atomic mass is 16.5. The number of nitrogens with one attached hydrogen (secondary N) is 2. The summed E-state index contributed by atoms with van der Waals surface area (Å²) in [5.74, 6) is 0.388. The number of nitrogens with zero attached hydrogens (tertiary/aromatic N) is 1. The molecule has 1 atom stereocenters. The van der Waals surface area contributed by atoms with E-state index in [0.717, 1.165) is 19.5 Å². The molecular formula is C19H21N3O3. The molecule has 0 aliphatic carbocycles. The smallest absolute Gasteiger partial charge is 0.411 e. The normalized spacial score (nSPS) is 16.4. The molecule has 1 aliphatic rings. The first kappa shape index (κ1) is 16.8. The van der Waals surface area contributed by atoms with Crippen molar-refractivity contribution in [3.05, 3.63) is 60.2 Å². The van der Waals surface area contributed by atoms with E-state index < -0.39 is 6.09 Å². The standard InChI is InChI=1S/C19H21N3O3/c1-25-19(24)21-17-9-7-16(8-10-17)20-18(23)22-12-11-15(13-22)14-5-3-2-4-6-14/h2-10,15H,11-13H2,1H3,(H,20,23)(H,21,24)/t15-/m1/s1. The summed E-state index contributed by atoms with van der Waals surface area (Å²) in [4.78, 5) is 25.4. The lowest BCUT2D eigenvalue weighted by Gasteiger charge is -2.18. The largest absolute Gasteiger partial charge is 0.453 e. The Labute approximate surface area is 146 Å². The molecule has 1 heterocycles. The number of amides is 3. The van der Waals surface area contributed by atoms with Crippen molar-refractivity contribution >= 4 is 23.5 Å². The second kappa shape index (κ2) is 7.70. The van der Waals surface area contributed by atoms with E-state index >= 15 is 0 Å². The minimum Gasteiger partial charge on any atom is -0.453 e. The molecule has 0 radical (unpaired) electrons. The SMILES string of the molecule is COC(=O)Nc1ccc(NC(=O)N2CC[C@@H](c3ccccc3)C2)cc1. The van der Waals surface area contributed by atoms with Crippen LogP contribution in [-0.2, 0) is 4.74 Å². The molecule has 0 spiro atoms. The molecule has 2 aromatic carbocycles. The van der Waals surface area contributed by atoms with Gasteiger partial charge in [0.05, 0.1) is 7.11 Å². The van der Waals surface area contributed by atoms with Gasteiger partial charge in [-0.05, 0) is 36.2 Å². The Hall–Kier alpha value is -3.02. The highest BCUT2D eigenvalue weighted by Crippen LogP contribution is 2.27. The predicted molar refractivity (Wildman–Crippen MR) is 96.9 cm³/mol. The van der Waals surface area contributed by atoms with Gasteiger partial charge in [0.2, 0.25) is 0 Å². The molecule has 2 aromatic rings. The highest BCUT2D eigenvalue weighted by molar-refractivity contribution is 5.90. The molecule has 0 saturated carbocycles. The summed E-state index contributed by atoms with van der Waals surface area (Å²) in [7, 11) is 1.31. The predicted octanol–water partition coefficient (Wildman–Crippen LogP) is 3.89. The summed E-state index contributed by atoms with van der Waals surface area (Å²) >= 11 is 0. The van der Waals surface area contributed by atoms with Gasteiger partial charge in [0.1, 0.15) is 0 Å². The van der Waals surface area contributed by atoms with Crippen LogP contribution in [0.1, 0.15) is 17.9 Å². The molecule has 6 nitrogen and oxygen atoms in total. The van der Waals surface area contributed by atoms with E-state index in [1.54, 1.807) is 24.3 Å². The second-order valence-corrected chi connectivity index (χ2v) is 5.97. The van der Waals surface area contributed by atoms with Crippen LogP contribution in [0, 0.1) is 0 Å². The van der Waals surface area contributed by atoms with Gasteiger partial charge in [0.25, 0.3) is 0 Å². The first-order chi connectivity index (χ1) is 12.2. The molecule has 2 N–H and O–H groups in total. The van der Waals surface area contributed by atoms with Gasteiger partial charge in [0.15, 0.2) is 0 Å². The van der Waals surface area contributed by atoms with Gasteiger partial charge in [-0.3, -0.25) is 5.32 Å². The van der Waals surface area contributed by atoms with Crippen molar-refractivity contribution in [2.24, 2.45) is 0 Å². The fourth-order valence-corrected chi connectivity index (χ4v) is 2.95. The molecule has 1 saturated heterocycles. The number of urea groups is 1. The number of hydrogen-bond donors (Lipinski definition) is 2. The van der Waals surface area contributed by atoms with Crippen LogP contribution in [0.4, 0.5) is 21.0 Å². The lowest BCUT2D eigenvalue weighted by atomic mass is 9.99. The molecule has 0 bridgehead atoms. The molecular weight excluding hydrogens is 318 g/mol.